The van der Waals surface area contributed by atoms with Crippen LogP contribution in [0.15, 0.2) is 18.2 Å². The zero-order valence-corrected chi connectivity index (χ0v) is 23.3. The van der Waals surface area contributed by atoms with Crippen molar-refractivity contribution in [1.29, 1.82) is 0 Å². The Morgan fingerprint density at radius 2 is 1.62 bits per heavy atom. The molecule has 222 valence electrons. The van der Waals surface area contributed by atoms with Gasteiger partial charge in [-0.05, 0) is 25.5 Å². The normalized spacial score (nSPS) is 13.1. The Morgan fingerprint density at radius 1 is 0.950 bits per heavy atom. The third-order valence-electron chi connectivity index (χ3n) is 6.13. The van der Waals surface area contributed by atoms with Crippen molar-refractivity contribution in [1.82, 2.24) is 20.9 Å². The van der Waals surface area contributed by atoms with E-state index in [1.807, 2.05) is 6.92 Å². The lowest BCUT2D eigenvalue weighted by Crippen LogP contribution is -2.34. The van der Waals surface area contributed by atoms with Gasteiger partial charge in [-0.2, -0.15) is 0 Å². The number of amides is 5. The van der Waals surface area contributed by atoms with Crippen molar-refractivity contribution in [2.45, 2.75) is 45.7 Å². The molecule has 0 radical (unpaired) electrons. The maximum Gasteiger partial charge on any atom is 0.254 e. The molecule has 0 saturated carbocycles. The molecule has 0 spiro atoms. The van der Waals surface area contributed by atoms with E-state index in [2.05, 4.69) is 21.3 Å². The molecule has 0 fully saturated rings. The maximum atomic E-state index is 12.9. The summed E-state index contributed by atoms with van der Waals surface area (Å²) in [4.78, 5) is 59.7. The van der Waals surface area contributed by atoms with E-state index in [9.17, 15) is 24.0 Å². The minimum atomic E-state index is -0.386. The number of ether oxygens (including phenoxy) is 3. The van der Waals surface area contributed by atoms with Crippen LogP contribution in [0.1, 0.15) is 49.0 Å². The zero-order valence-electron chi connectivity index (χ0n) is 23.3. The Balaban J connectivity index is 1.57. The predicted octanol–water partition coefficient (Wildman–Crippen LogP) is 0.188. The average molecular weight is 564 g/mol. The van der Waals surface area contributed by atoms with Gasteiger partial charge in [0, 0.05) is 68.8 Å². The van der Waals surface area contributed by atoms with Crippen molar-refractivity contribution in [3.8, 4) is 0 Å². The molecule has 0 aliphatic carbocycles. The van der Waals surface area contributed by atoms with Crippen molar-refractivity contribution in [2.75, 3.05) is 64.6 Å². The maximum absolute atomic E-state index is 12.9. The molecule has 1 atom stereocenters. The van der Waals surface area contributed by atoms with Crippen LogP contribution in [-0.4, -0.2) is 100 Å². The minimum absolute atomic E-state index is 0.0818. The van der Waals surface area contributed by atoms with Crippen LogP contribution in [0.25, 0.3) is 0 Å². The third-order valence-corrected chi connectivity index (χ3v) is 6.13. The SMILES string of the molecule is CC(=O)NCCOCCOCCOCCNCCC(=O)Nc1cccc2c1CN(C(C)CCC(=O)NC=O)C2=O. The lowest BCUT2D eigenvalue weighted by Gasteiger charge is -2.24. The fraction of sp³-hybridized carbons (Fsp3) is 0.593. The lowest BCUT2D eigenvalue weighted by molar-refractivity contribution is -0.125. The monoisotopic (exact) mass is 563 g/mol. The predicted molar refractivity (Wildman–Crippen MR) is 146 cm³/mol. The second-order valence-corrected chi connectivity index (χ2v) is 9.21. The Hall–Kier alpha value is -3.39. The summed E-state index contributed by atoms with van der Waals surface area (Å²) in [6, 6.07) is 5.03. The number of carbonyl (C=O) groups excluding carboxylic acids is 5. The van der Waals surface area contributed by atoms with Gasteiger partial charge in [0.15, 0.2) is 0 Å². The van der Waals surface area contributed by atoms with Crippen molar-refractivity contribution >= 4 is 35.7 Å². The summed E-state index contributed by atoms with van der Waals surface area (Å²) in [5.74, 6) is -0.781. The van der Waals surface area contributed by atoms with Gasteiger partial charge in [-0.15, -0.1) is 0 Å². The Morgan fingerprint density at radius 3 is 2.30 bits per heavy atom. The van der Waals surface area contributed by atoms with E-state index in [0.717, 1.165) is 5.56 Å². The van der Waals surface area contributed by atoms with Gasteiger partial charge >= 0.3 is 0 Å². The molecule has 1 unspecified atom stereocenters. The summed E-state index contributed by atoms with van der Waals surface area (Å²) < 4.78 is 16.2. The molecule has 1 heterocycles. The van der Waals surface area contributed by atoms with Crippen LogP contribution in [0.4, 0.5) is 5.69 Å². The average Bonchev–Trinajstić information content (AvgIpc) is 3.27. The van der Waals surface area contributed by atoms with Gasteiger partial charge in [-0.25, -0.2) is 0 Å². The number of hydrogen-bond acceptors (Lipinski definition) is 9. The molecule has 0 saturated heterocycles. The summed E-state index contributed by atoms with van der Waals surface area (Å²) in [6.45, 7) is 7.93. The minimum Gasteiger partial charge on any atom is -0.378 e. The molecule has 1 aromatic carbocycles. The van der Waals surface area contributed by atoms with Gasteiger partial charge in [0.25, 0.3) is 5.91 Å². The summed E-state index contributed by atoms with van der Waals surface area (Å²) in [5.41, 5.74) is 1.90. The number of fused-ring (bicyclic) bond motifs is 1. The molecule has 40 heavy (non-hydrogen) atoms. The number of imide groups is 1. The van der Waals surface area contributed by atoms with Crippen molar-refractivity contribution < 1.29 is 38.2 Å². The fourth-order valence-electron chi connectivity index (χ4n) is 3.99. The smallest absolute Gasteiger partial charge is 0.254 e. The van der Waals surface area contributed by atoms with E-state index in [-0.39, 0.29) is 42.5 Å². The molecule has 13 nitrogen and oxygen atoms in total. The quantitative estimate of drug-likeness (QED) is 0.121. The molecule has 0 bridgehead atoms. The van der Waals surface area contributed by atoms with E-state index in [1.165, 1.54) is 6.92 Å². The highest BCUT2D eigenvalue weighted by atomic mass is 16.5. The summed E-state index contributed by atoms with van der Waals surface area (Å²) >= 11 is 0. The molecule has 1 aliphatic rings. The number of hydrogen-bond donors (Lipinski definition) is 4. The Bertz CT molecular complexity index is 990. The standard InChI is InChI=1S/C27H41N5O8/c1-20(6-7-25(35)30-19-33)32-18-23-22(27(32)37)4-3-5-24(23)31-26(36)8-9-28-10-12-38-14-16-40-17-15-39-13-11-29-21(2)34/h3-5,19-20,28H,6-18H2,1-2H3,(H,29,34)(H,31,36)(H,30,33,35). The van der Waals surface area contributed by atoms with E-state index in [0.29, 0.717) is 89.9 Å². The first-order valence-electron chi connectivity index (χ1n) is 13.5. The number of anilines is 1. The highest BCUT2D eigenvalue weighted by molar-refractivity contribution is 6.02. The largest absolute Gasteiger partial charge is 0.378 e. The van der Waals surface area contributed by atoms with E-state index in [4.69, 9.17) is 14.2 Å². The Labute approximate surface area is 234 Å². The number of benzene rings is 1. The first kappa shape index (κ1) is 32.8. The van der Waals surface area contributed by atoms with Crippen LogP contribution in [0.5, 0.6) is 0 Å². The van der Waals surface area contributed by atoms with Crippen LogP contribution in [-0.2, 0) is 39.9 Å². The van der Waals surface area contributed by atoms with E-state index < -0.39 is 0 Å². The van der Waals surface area contributed by atoms with Crippen LogP contribution in [0.3, 0.4) is 0 Å². The first-order valence-corrected chi connectivity index (χ1v) is 13.5. The van der Waals surface area contributed by atoms with Crippen molar-refractivity contribution in [3.05, 3.63) is 29.3 Å². The molecular formula is C27H41N5O8. The van der Waals surface area contributed by atoms with Gasteiger partial charge in [0.05, 0.1) is 39.6 Å². The first-order chi connectivity index (χ1) is 19.3. The number of nitrogens with one attached hydrogen (secondary N) is 4. The highest BCUT2D eigenvalue weighted by Gasteiger charge is 2.32. The lowest BCUT2D eigenvalue weighted by atomic mass is 10.1. The van der Waals surface area contributed by atoms with Crippen LogP contribution in [0.2, 0.25) is 0 Å². The number of carbonyl (C=O) groups is 5. The molecule has 1 aliphatic heterocycles. The highest BCUT2D eigenvalue weighted by Crippen LogP contribution is 2.31. The van der Waals surface area contributed by atoms with Gasteiger partial charge < -0.3 is 35.1 Å². The van der Waals surface area contributed by atoms with Crippen LogP contribution in [0, 0.1) is 0 Å². The fourth-order valence-corrected chi connectivity index (χ4v) is 3.99. The number of rotatable bonds is 21. The molecular weight excluding hydrogens is 522 g/mol. The zero-order chi connectivity index (χ0) is 29.2. The van der Waals surface area contributed by atoms with Gasteiger partial charge in [0.2, 0.25) is 24.1 Å². The van der Waals surface area contributed by atoms with E-state index in [1.54, 1.807) is 23.1 Å². The molecule has 5 amide bonds. The van der Waals surface area contributed by atoms with Crippen molar-refractivity contribution in [3.63, 3.8) is 0 Å². The summed E-state index contributed by atoms with van der Waals surface area (Å²) in [7, 11) is 0. The van der Waals surface area contributed by atoms with Crippen LogP contribution < -0.4 is 21.3 Å². The molecule has 2 rings (SSSR count). The second-order valence-electron chi connectivity index (χ2n) is 9.21. The van der Waals surface area contributed by atoms with Gasteiger partial charge in [-0.3, -0.25) is 29.3 Å². The number of nitrogens with zero attached hydrogens (tertiary/aromatic N) is 1. The van der Waals surface area contributed by atoms with Gasteiger partial charge in [0.1, 0.15) is 0 Å². The topological polar surface area (TPSA) is 164 Å². The molecule has 1 aromatic rings. The summed E-state index contributed by atoms with van der Waals surface area (Å²) in [6.07, 6.45) is 1.16. The molecule has 13 heteroatoms. The second kappa shape index (κ2) is 18.8. The Kier molecular flexibility index (Phi) is 15.4. The third kappa shape index (κ3) is 12.2. The van der Waals surface area contributed by atoms with Crippen molar-refractivity contribution in [2.24, 2.45) is 0 Å². The van der Waals surface area contributed by atoms with E-state index >= 15 is 0 Å². The van der Waals surface area contributed by atoms with Crippen LogP contribution >= 0.6 is 0 Å². The summed E-state index contributed by atoms with van der Waals surface area (Å²) in [5, 5.41) is 10.8. The van der Waals surface area contributed by atoms with Gasteiger partial charge in [-0.1, -0.05) is 6.07 Å². The molecule has 4 N–H and O–H groups in total. The molecule has 0 aromatic heterocycles.